The van der Waals surface area contributed by atoms with Crippen molar-refractivity contribution in [1.29, 1.82) is 0 Å². The van der Waals surface area contributed by atoms with Gasteiger partial charge in [-0.2, -0.15) is 0 Å². The fourth-order valence-electron chi connectivity index (χ4n) is 5.85. The van der Waals surface area contributed by atoms with Crippen LogP contribution in [0.2, 0.25) is 0 Å². The molecular formula is C23H21F2N3O5. The largest absolute Gasteiger partial charge is 0.503 e. The van der Waals surface area contributed by atoms with E-state index in [0.29, 0.717) is 18.5 Å². The van der Waals surface area contributed by atoms with Gasteiger partial charge in [-0.1, -0.05) is 12.1 Å². The molecule has 8 nitrogen and oxygen atoms in total. The number of hydrogen-bond acceptors (Lipinski definition) is 5. The first-order valence-electron chi connectivity index (χ1n) is 11.1. The molecule has 1 aromatic heterocycles. The van der Waals surface area contributed by atoms with Crippen molar-refractivity contribution >= 4 is 11.8 Å². The lowest BCUT2D eigenvalue weighted by atomic mass is 10.0. The Morgan fingerprint density at radius 2 is 2.03 bits per heavy atom. The normalized spacial score (nSPS) is 26.8. The number of ether oxygens (including phenoxy) is 1. The molecular weight excluding hydrogens is 436 g/mol. The van der Waals surface area contributed by atoms with Gasteiger partial charge in [-0.25, -0.2) is 8.78 Å². The minimum absolute atomic E-state index is 0.0118. The Balaban J connectivity index is 1.39. The predicted molar refractivity (Wildman–Crippen MR) is 110 cm³/mol. The Labute approximate surface area is 186 Å². The maximum absolute atomic E-state index is 14.0. The molecule has 4 aliphatic rings. The molecule has 2 amide bonds. The zero-order valence-corrected chi connectivity index (χ0v) is 17.5. The fourth-order valence-corrected chi connectivity index (χ4v) is 5.85. The van der Waals surface area contributed by atoms with Crippen molar-refractivity contribution in [2.24, 2.45) is 0 Å². The van der Waals surface area contributed by atoms with Gasteiger partial charge >= 0.3 is 0 Å². The van der Waals surface area contributed by atoms with Gasteiger partial charge in [0, 0.05) is 23.8 Å². The lowest BCUT2D eigenvalue weighted by Crippen LogP contribution is -2.58. The van der Waals surface area contributed by atoms with E-state index in [-0.39, 0.29) is 41.6 Å². The summed E-state index contributed by atoms with van der Waals surface area (Å²) in [4.78, 5) is 41.0. The molecule has 6 rings (SSSR count). The van der Waals surface area contributed by atoms with Gasteiger partial charge in [-0.3, -0.25) is 14.4 Å². The maximum Gasteiger partial charge on any atom is 0.276 e. The average Bonchev–Trinajstić information content (AvgIpc) is 3.39. The van der Waals surface area contributed by atoms with Gasteiger partial charge in [0.25, 0.3) is 11.8 Å². The monoisotopic (exact) mass is 457 g/mol. The summed E-state index contributed by atoms with van der Waals surface area (Å²) in [7, 11) is 0. The molecule has 172 valence electrons. The number of hydrogen-bond donors (Lipinski definition) is 2. The highest BCUT2D eigenvalue weighted by molar-refractivity contribution is 6.00. The third-order valence-electron chi connectivity index (χ3n) is 7.32. The Morgan fingerprint density at radius 1 is 1.21 bits per heavy atom. The molecule has 2 fully saturated rings. The van der Waals surface area contributed by atoms with Crippen LogP contribution in [0.25, 0.3) is 0 Å². The number of fused-ring (bicyclic) bond motifs is 5. The van der Waals surface area contributed by atoms with Gasteiger partial charge in [-0.05, 0) is 38.2 Å². The van der Waals surface area contributed by atoms with E-state index in [2.05, 4.69) is 5.32 Å². The Kier molecular flexibility index (Phi) is 4.39. The zero-order valence-electron chi connectivity index (χ0n) is 17.5. The van der Waals surface area contributed by atoms with E-state index in [1.807, 2.05) is 0 Å². The molecule has 0 radical (unpaired) electrons. The number of nitrogens with one attached hydrogen (secondary N) is 1. The average molecular weight is 457 g/mol. The first kappa shape index (κ1) is 20.3. The molecule has 33 heavy (non-hydrogen) atoms. The van der Waals surface area contributed by atoms with Crippen molar-refractivity contribution in [3.63, 3.8) is 0 Å². The molecule has 2 bridgehead atoms. The van der Waals surface area contributed by atoms with Crippen LogP contribution in [-0.4, -0.2) is 44.8 Å². The first-order valence-corrected chi connectivity index (χ1v) is 11.1. The van der Waals surface area contributed by atoms with Crippen LogP contribution in [0.15, 0.2) is 23.0 Å². The van der Waals surface area contributed by atoms with Crippen LogP contribution in [0.4, 0.5) is 8.78 Å². The quantitative estimate of drug-likeness (QED) is 0.734. The van der Waals surface area contributed by atoms with Crippen LogP contribution >= 0.6 is 0 Å². The number of rotatable bonds is 3. The van der Waals surface area contributed by atoms with E-state index in [4.69, 9.17) is 4.74 Å². The predicted octanol–water partition coefficient (Wildman–Crippen LogP) is 1.98. The number of pyridine rings is 1. The van der Waals surface area contributed by atoms with Crippen molar-refractivity contribution in [1.82, 2.24) is 14.8 Å². The van der Waals surface area contributed by atoms with Crippen molar-refractivity contribution in [2.75, 3.05) is 0 Å². The third kappa shape index (κ3) is 2.79. The van der Waals surface area contributed by atoms with Crippen LogP contribution < -0.4 is 10.7 Å². The Hall–Kier alpha value is -3.27. The standard InChI is InChI=1S/C23H21F2N3O5/c24-13-3-1-2-10(17(13)25)9-26-21(31)16-14-6-7-15-23-27(11-4-5-12(8-11)33-23)22(32)18(28(14)15)20(30)19(16)29/h1-3,11-12,15,23,30H,4-9H2,(H,26,31). The lowest BCUT2D eigenvalue weighted by molar-refractivity contribution is -0.147. The van der Waals surface area contributed by atoms with Crippen LogP contribution in [0.3, 0.4) is 0 Å². The molecule has 2 aromatic rings. The number of carbonyl (C=O) groups excluding carboxylic acids is 2. The molecule has 4 heterocycles. The highest BCUT2D eigenvalue weighted by atomic mass is 19.2. The number of amides is 2. The zero-order chi connectivity index (χ0) is 23.0. The van der Waals surface area contributed by atoms with Gasteiger partial charge in [0.2, 0.25) is 5.43 Å². The highest BCUT2D eigenvalue weighted by Gasteiger charge is 2.53. The molecule has 3 aliphatic heterocycles. The van der Waals surface area contributed by atoms with Crippen LogP contribution in [0, 0.1) is 11.6 Å². The Bertz CT molecular complexity index is 1280. The summed E-state index contributed by atoms with van der Waals surface area (Å²) in [6.45, 7) is -0.338. The summed E-state index contributed by atoms with van der Waals surface area (Å²) in [6, 6.07) is 3.31. The number of carbonyl (C=O) groups is 2. The molecule has 1 aliphatic carbocycles. The Morgan fingerprint density at radius 3 is 2.85 bits per heavy atom. The lowest BCUT2D eigenvalue weighted by Gasteiger charge is -2.47. The summed E-state index contributed by atoms with van der Waals surface area (Å²) < 4.78 is 35.2. The molecule has 1 saturated heterocycles. The van der Waals surface area contributed by atoms with Crippen LogP contribution in [0.1, 0.15) is 63.8 Å². The van der Waals surface area contributed by atoms with E-state index in [1.54, 1.807) is 9.47 Å². The van der Waals surface area contributed by atoms with E-state index in [1.165, 1.54) is 12.1 Å². The number of benzene rings is 1. The second kappa shape index (κ2) is 7.11. The molecule has 0 spiro atoms. The van der Waals surface area contributed by atoms with E-state index in [0.717, 1.165) is 25.3 Å². The number of aromatic hydroxyl groups is 1. The van der Waals surface area contributed by atoms with Gasteiger partial charge in [0.1, 0.15) is 5.56 Å². The number of nitrogens with zero attached hydrogens (tertiary/aromatic N) is 2. The molecule has 10 heteroatoms. The van der Waals surface area contributed by atoms with Crippen LogP contribution in [0.5, 0.6) is 5.75 Å². The summed E-state index contributed by atoms with van der Waals surface area (Å²) in [5, 5.41) is 13.2. The van der Waals surface area contributed by atoms with Crippen molar-refractivity contribution in [3.8, 4) is 5.75 Å². The summed E-state index contributed by atoms with van der Waals surface area (Å²) in [6.07, 6.45) is 2.87. The molecule has 1 saturated carbocycles. The van der Waals surface area contributed by atoms with Crippen molar-refractivity contribution < 1.29 is 28.2 Å². The molecule has 2 N–H and O–H groups in total. The second-order valence-corrected chi connectivity index (χ2v) is 9.05. The molecule has 4 atom stereocenters. The third-order valence-corrected chi connectivity index (χ3v) is 7.32. The summed E-state index contributed by atoms with van der Waals surface area (Å²) >= 11 is 0. The minimum Gasteiger partial charge on any atom is -0.503 e. The highest BCUT2D eigenvalue weighted by Crippen LogP contribution is 2.47. The maximum atomic E-state index is 14.0. The fraction of sp³-hybridized carbons (Fsp3) is 0.435. The SMILES string of the molecule is O=C(NCc1cccc(F)c1F)c1c2n3c(c(O)c1=O)C(=O)N1C4CCC(C4)OC1C3CC2. The van der Waals surface area contributed by atoms with Crippen molar-refractivity contribution in [2.45, 2.75) is 63.1 Å². The first-order chi connectivity index (χ1) is 15.9. The smallest absolute Gasteiger partial charge is 0.276 e. The van der Waals surface area contributed by atoms with Crippen molar-refractivity contribution in [3.05, 3.63) is 62.6 Å². The van der Waals surface area contributed by atoms with E-state index >= 15 is 0 Å². The van der Waals surface area contributed by atoms with Gasteiger partial charge in [0.15, 0.2) is 29.3 Å². The second-order valence-electron chi connectivity index (χ2n) is 9.05. The molecule has 1 aromatic carbocycles. The van der Waals surface area contributed by atoms with Gasteiger partial charge < -0.3 is 24.6 Å². The minimum atomic E-state index is -1.08. The summed E-state index contributed by atoms with van der Waals surface area (Å²) in [5.74, 6) is -4.17. The van der Waals surface area contributed by atoms with E-state index < -0.39 is 40.9 Å². The topological polar surface area (TPSA) is 101 Å². The van der Waals surface area contributed by atoms with Gasteiger partial charge in [0.05, 0.1) is 12.1 Å². The summed E-state index contributed by atoms with van der Waals surface area (Å²) in [5.41, 5.74) is -1.05. The molecule has 4 unspecified atom stereocenters. The van der Waals surface area contributed by atoms with E-state index in [9.17, 15) is 28.3 Å². The number of halogens is 2. The van der Waals surface area contributed by atoms with Crippen LogP contribution in [-0.2, 0) is 17.7 Å². The number of aromatic nitrogens is 1. The van der Waals surface area contributed by atoms with Gasteiger partial charge in [-0.15, -0.1) is 0 Å².